The zero-order chi connectivity index (χ0) is 21.0. The number of amides is 1. The van der Waals surface area contributed by atoms with Crippen LogP contribution >= 0.6 is 35.0 Å². The Kier molecular flexibility index (Phi) is 7.16. The monoisotopic (exact) mass is 452 g/mol. The number of thioether (sulfide) groups is 1. The summed E-state index contributed by atoms with van der Waals surface area (Å²) in [5, 5.41) is 12.3. The van der Waals surface area contributed by atoms with Gasteiger partial charge in [0.1, 0.15) is 5.82 Å². The molecular formula is C20H19Cl2FN4OS. The predicted octanol–water partition coefficient (Wildman–Crippen LogP) is 5.78. The number of aromatic nitrogens is 3. The molecule has 1 N–H and O–H groups in total. The summed E-state index contributed by atoms with van der Waals surface area (Å²) in [4.78, 5) is 12.4. The van der Waals surface area contributed by atoms with Crippen LogP contribution in [0.1, 0.15) is 13.8 Å². The first kappa shape index (κ1) is 21.6. The van der Waals surface area contributed by atoms with Crippen LogP contribution in [0, 0.1) is 11.7 Å². The van der Waals surface area contributed by atoms with Crippen molar-refractivity contribution in [1.29, 1.82) is 0 Å². The van der Waals surface area contributed by atoms with Gasteiger partial charge < -0.3 is 9.88 Å². The fourth-order valence-corrected chi connectivity index (χ4v) is 3.93. The van der Waals surface area contributed by atoms with Crippen molar-refractivity contribution in [1.82, 2.24) is 14.8 Å². The minimum Gasteiger partial charge on any atom is -0.323 e. The van der Waals surface area contributed by atoms with Crippen molar-refractivity contribution in [3.8, 4) is 11.4 Å². The maximum Gasteiger partial charge on any atom is 0.234 e. The molecule has 1 aromatic heterocycles. The molecule has 2 aromatic carbocycles. The van der Waals surface area contributed by atoms with E-state index in [1.807, 2.05) is 18.4 Å². The van der Waals surface area contributed by atoms with Gasteiger partial charge in [-0.25, -0.2) is 4.39 Å². The molecule has 5 nitrogen and oxygen atoms in total. The van der Waals surface area contributed by atoms with E-state index in [1.165, 1.54) is 17.8 Å². The first-order valence-corrected chi connectivity index (χ1v) is 10.7. The van der Waals surface area contributed by atoms with E-state index in [9.17, 15) is 9.18 Å². The minimum absolute atomic E-state index is 0.0784. The van der Waals surface area contributed by atoms with Crippen LogP contribution in [0.4, 0.5) is 10.1 Å². The molecule has 0 spiro atoms. The Morgan fingerprint density at radius 3 is 2.48 bits per heavy atom. The fourth-order valence-electron chi connectivity index (χ4n) is 2.69. The van der Waals surface area contributed by atoms with Gasteiger partial charge in [0.25, 0.3) is 0 Å². The lowest BCUT2D eigenvalue weighted by Gasteiger charge is -2.13. The van der Waals surface area contributed by atoms with Gasteiger partial charge in [0.15, 0.2) is 11.0 Å². The Balaban J connectivity index is 1.79. The van der Waals surface area contributed by atoms with Crippen molar-refractivity contribution in [2.75, 3.05) is 11.1 Å². The summed E-state index contributed by atoms with van der Waals surface area (Å²) >= 11 is 13.4. The van der Waals surface area contributed by atoms with Crippen LogP contribution in [0.3, 0.4) is 0 Å². The van der Waals surface area contributed by atoms with E-state index in [0.717, 1.165) is 0 Å². The zero-order valence-corrected chi connectivity index (χ0v) is 18.2. The van der Waals surface area contributed by atoms with Crippen LogP contribution in [0.5, 0.6) is 0 Å². The van der Waals surface area contributed by atoms with Crippen molar-refractivity contribution in [3.05, 3.63) is 58.3 Å². The predicted molar refractivity (Wildman–Crippen MR) is 116 cm³/mol. The number of carbonyl (C=O) groups is 1. The Hall–Kier alpha value is -2.09. The molecule has 0 saturated carbocycles. The second kappa shape index (κ2) is 9.61. The van der Waals surface area contributed by atoms with Crippen molar-refractivity contribution < 1.29 is 9.18 Å². The molecule has 0 bridgehead atoms. The van der Waals surface area contributed by atoms with Crippen LogP contribution < -0.4 is 5.32 Å². The van der Waals surface area contributed by atoms with E-state index in [-0.39, 0.29) is 23.4 Å². The lowest BCUT2D eigenvalue weighted by molar-refractivity contribution is -0.113. The Bertz CT molecular complexity index is 1010. The summed E-state index contributed by atoms with van der Waals surface area (Å²) < 4.78 is 16.1. The van der Waals surface area contributed by atoms with Crippen molar-refractivity contribution >= 4 is 46.6 Å². The standard InChI is InChI=1S/C20H19Cl2FN4OS/c1-12(2)10-27-19(13-6-3-4-9-16(13)23)25-26-20(27)29-11-17(28)24-18-14(21)7-5-8-15(18)22/h3-9,12H,10-11H2,1-2H3,(H,24,28). The number of nitrogens with zero attached hydrogens (tertiary/aromatic N) is 3. The van der Waals surface area contributed by atoms with E-state index >= 15 is 0 Å². The van der Waals surface area contributed by atoms with Crippen LogP contribution in [-0.4, -0.2) is 26.4 Å². The number of halogens is 3. The summed E-state index contributed by atoms with van der Waals surface area (Å²) in [6.07, 6.45) is 0. The van der Waals surface area contributed by atoms with E-state index in [2.05, 4.69) is 15.5 Å². The van der Waals surface area contributed by atoms with Gasteiger partial charge in [-0.2, -0.15) is 0 Å². The molecule has 1 amide bonds. The highest BCUT2D eigenvalue weighted by Gasteiger charge is 2.19. The number of benzene rings is 2. The van der Waals surface area contributed by atoms with Gasteiger partial charge in [-0.3, -0.25) is 4.79 Å². The summed E-state index contributed by atoms with van der Waals surface area (Å²) in [7, 11) is 0. The molecule has 0 aliphatic carbocycles. The molecule has 9 heteroatoms. The molecule has 1 heterocycles. The molecular weight excluding hydrogens is 434 g/mol. The average molecular weight is 453 g/mol. The first-order chi connectivity index (χ1) is 13.9. The first-order valence-electron chi connectivity index (χ1n) is 8.91. The van der Waals surface area contributed by atoms with Crippen molar-refractivity contribution in [3.63, 3.8) is 0 Å². The van der Waals surface area contributed by atoms with Crippen LogP contribution in [0.15, 0.2) is 47.6 Å². The number of rotatable bonds is 7. The van der Waals surface area contributed by atoms with Gasteiger partial charge in [-0.05, 0) is 30.2 Å². The molecule has 0 saturated heterocycles. The highest BCUT2D eigenvalue weighted by atomic mass is 35.5. The van der Waals surface area contributed by atoms with E-state index in [4.69, 9.17) is 23.2 Å². The van der Waals surface area contributed by atoms with Crippen LogP contribution in [0.2, 0.25) is 10.0 Å². The van der Waals surface area contributed by atoms with Gasteiger partial charge in [0.2, 0.25) is 5.91 Å². The molecule has 29 heavy (non-hydrogen) atoms. The molecule has 3 rings (SSSR count). The second-order valence-electron chi connectivity index (χ2n) is 6.72. The Morgan fingerprint density at radius 2 is 1.83 bits per heavy atom. The third-order valence-electron chi connectivity index (χ3n) is 3.94. The quantitative estimate of drug-likeness (QED) is 0.461. The van der Waals surface area contributed by atoms with Crippen molar-refractivity contribution in [2.24, 2.45) is 5.92 Å². The molecule has 152 valence electrons. The highest BCUT2D eigenvalue weighted by Crippen LogP contribution is 2.31. The lowest BCUT2D eigenvalue weighted by Crippen LogP contribution is -2.16. The summed E-state index contributed by atoms with van der Waals surface area (Å²) in [5.74, 6) is 0.152. The van der Waals surface area contributed by atoms with Gasteiger partial charge in [-0.1, -0.05) is 67.0 Å². The maximum atomic E-state index is 14.3. The van der Waals surface area contributed by atoms with Gasteiger partial charge in [0, 0.05) is 6.54 Å². The summed E-state index contributed by atoms with van der Waals surface area (Å²) in [5.41, 5.74) is 0.747. The summed E-state index contributed by atoms with van der Waals surface area (Å²) in [6.45, 7) is 4.69. The highest BCUT2D eigenvalue weighted by molar-refractivity contribution is 7.99. The molecule has 0 unspecified atom stereocenters. The number of para-hydroxylation sites is 1. The van der Waals surface area contributed by atoms with Crippen molar-refractivity contribution in [2.45, 2.75) is 25.5 Å². The minimum atomic E-state index is -0.368. The molecule has 0 radical (unpaired) electrons. The summed E-state index contributed by atoms with van der Waals surface area (Å²) in [6, 6.07) is 11.4. The largest absolute Gasteiger partial charge is 0.323 e. The Morgan fingerprint density at radius 1 is 1.14 bits per heavy atom. The number of hydrogen-bond donors (Lipinski definition) is 1. The number of anilines is 1. The maximum absolute atomic E-state index is 14.3. The van der Waals surface area contributed by atoms with Gasteiger partial charge in [-0.15, -0.1) is 10.2 Å². The van der Waals surface area contributed by atoms with E-state index in [1.54, 1.807) is 36.4 Å². The smallest absolute Gasteiger partial charge is 0.234 e. The number of nitrogens with one attached hydrogen (secondary N) is 1. The third-order valence-corrected chi connectivity index (χ3v) is 5.54. The van der Waals surface area contributed by atoms with E-state index < -0.39 is 0 Å². The molecule has 0 fully saturated rings. The average Bonchev–Trinajstić information content (AvgIpc) is 3.05. The molecule has 3 aromatic rings. The van der Waals surface area contributed by atoms with Gasteiger partial charge >= 0.3 is 0 Å². The van der Waals surface area contributed by atoms with E-state index in [0.29, 0.717) is 38.8 Å². The third kappa shape index (κ3) is 5.29. The number of carbonyl (C=O) groups excluding carboxylic acids is 1. The zero-order valence-electron chi connectivity index (χ0n) is 15.8. The normalized spacial score (nSPS) is 11.1. The molecule has 0 aliphatic rings. The fraction of sp³-hybridized carbons (Fsp3) is 0.250. The number of hydrogen-bond acceptors (Lipinski definition) is 4. The SMILES string of the molecule is CC(C)Cn1c(SCC(=O)Nc2c(Cl)cccc2Cl)nnc1-c1ccccc1F. The molecule has 0 aliphatic heterocycles. The molecule has 0 atom stereocenters. The second-order valence-corrected chi connectivity index (χ2v) is 8.48. The van der Waals surface area contributed by atoms with Crippen LogP contribution in [0.25, 0.3) is 11.4 Å². The van der Waals surface area contributed by atoms with Gasteiger partial charge in [0.05, 0.1) is 27.0 Å². The lowest BCUT2D eigenvalue weighted by atomic mass is 10.2. The topological polar surface area (TPSA) is 59.8 Å². The Labute approximate surface area is 182 Å². The van der Waals surface area contributed by atoms with Crippen LogP contribution in [-0.2, 0) is 11.3 Å².